The molecule has 0 radical (unpaired) electrons. The van der Waals surface area contributed by atoms with Crippen LogP contribution in [-0.2, 0) is 9.53 Å². The second kappa shape index (κ2) is 7.23. The highest BCUT2D eigenvalue weighted by Crippen LogP contribution is 2.30. The largest absolute Gasteiger partial charge is 0.380 e. The standard InChI is InChI=1S/C20H21N5O3S/c1-28-14-6-7-24(9-14)20(27)19-21-15(11-29-19)13-4-5-17-22-16(10-25(17)8-13)23-18(26)12-2-3-12/h4-5,8,10-12,14H,2-3,6-7,9H2,1H3,(H,23,26). The smallest absolute Gasteiger partial charge is 0.282 e. The first kappa shape index (κ1) is 18.3. The lowest BCUT2D eigenvalue weighted by molar-refractivity contribution is -0.117. The van der Waals surface area contributed by atoms with Gasteiger partial charge in [-0.05, 0) is 31.4 Å². The number of likely N-dealkylation sites (tertiary alicyclic amines) is 1. The van der Waals surface area contributed by atoms with E-state index in [-0.39, 0.29) is 23.8 Å². The topological polar surface area (TPSA) is 88.8 Å². The van der Waals surface area contributed by atoms with Gasteiger partial charge in [0.25, 0.3) is 5.91 Å². The predicted octanol–water partition coefficient (Wildman–Crippen LogP) is 2.67. The molecule has 9 heteroatoms. The van der Waals surface area contributed by atoms with Crippen molar-refractivity contribution < 1.29 is 14.3 Å². The zero-order valence-corrected chi connectivity index (χ0v) is 16.8. The summed E-state index contributed by atoms with van der Waals surface area (Å²) in [6, 6.07) is 3.81. The van der Waals surface area contributed by atoms with E-state index in [2.05, 4.69) is 15.3 Å². The number of carbonyl (C=O) groups excluding carboxylic acids is 2. The molecule has 29 heavy (non-hydrogen) atoms. The van der Waals surface area contributed by atoms with Crippen LogP contribution in [0.25, 0.3) is 16.9 Å². The molecule has 4 heterocycles. The second-order valence-corrected chi connectivity index (χ2v) is 8.37. The van der Waals surface area contributed by atoms with E-state index in [9.17, 15) is 9.59 Å². The molecule has 150 valence electrons. The SMILES string of the molecule is COC1CCN(C(=O)c2nc(-c3ccc4nc(NC(=O)C5CC5)cn4c3)cs2)C1. The van der Waals surface area contributed by atoms with Crippen molar-refractivity contribution in [3.05, 3.63) is 34.9 Å². The number of methoxy groups -OCH3 is 1. The Balaban J connectivity index is 1.34. The highest BCUT2D eigenvalue weighted by Gasteiger charge is 2.30. The lowest BCUT2D eigenvalue weighted by Crippen LogP contribution is -2.29. The van der Waals surface area contributed by atoms with Gasteiger partial charge in [0.05, 0.1) is 18.0 Å². The van der Waals surface area contributed by atoms with Crippen molar-refractivity contribution >= 4 is 34.6 Å². The van der Waals surface area contributed by atoms with Gasteiger partial charge >= 0.3 is 0 Å². The van der Waals surface area contributed by atoms with Crippen molar-refractivity contribution in [3.63, 3.8) is 0 Å². The maximum absolute atomic E-state index is 12.7. The Hall–Kier alpha value is -2.78. The number of carbonyl (C=O) groups is 2. The fourth-order valence-corrected chi connectivity index (χ4v) is 4.32. The maximum atomic E-state index is 12.7. The van der Waals surface area contributed by atoms with Crippen LogP contribution in [0.3, 0.4) is 0 Å². The Morgan fingerprint density at radius 3 is 2.83 bits per heavy atom. The number of pyridine rings is 1. The maximum Gasteiger partial charge on any atom is 0.282 e. The average Bonchev–Trinajstić information content (AvgIpc) is 3.14. The zero-order valence-electron chi connectivity index (χ0n) is 16.0. The van der Waals surface area contributed by atoms with E-state index in [0.29, 0.717) is 23.9 Å². The van der Waals surface area contributed by atoms with Crippen LogP contribution in [-0.4, -0.2) is 57.4 Å². The minimum Gasteiger partial charge on any atom is -0.380 e. The van der Waals surface area contributed by atoms with Crippen molar-refractivity contribution in [1.29, 1.82) is 0 Å². The minimum atomic E-state index is -0.0467. The third kappa shape index (κ3) is 3.63. The molecule has 1 N–H and O–H groups in total. The molecule has 8 nitrogen and oxygen atoms in total. The number of thiazole rings is 1. The molecule has 0 bridgehead atoms. The number of fused-ring (bicyclic) bond motifs is 1. The Morgan fingerprint density at radius 1 is 1.21 bits per heavy atom. The Labute approximate surface area is 171 Å². The lowest BCUT2D eigenvalue weighted by atomic mass is 10.2. The minimum absolute atomic E-state index is 0.0360. The summed E-state index contributed by atoms with van der Waals surface area (Å²) in [7, 11) is 1.68. The van der Waals surface area contributed by atoms with Gasteiger partial charge in [-0.25, -0.2) is 9.97 Å². The number of hydrogen-bond donors (Lipinski definition) is 1. The number of ether oxygens (including phenoxy) is 1. The quantitative estimate of drug-likeness (QED) is 0.697. The van der Waals surface area contributed by atoms with Gasteiger partial charge in [0.1, 0.15) is 5.65 Å². The number of aromatic nitrogens is 3. The summed E-state index contributed by atoms with van der Waals surface area (Å²) in [5.41, 5.74) is 2.38. The molecule has 1 unspecified atom stereocenters. The van der Waals surface area contributed by atoms with Gasteiger partial charge in [0.15, 0.2) is 10.8 Å². The number of rotatable bonds is 5. The summed E-state index contributed by atoms with van der Waals surface area (Å²) >= 11 is 1.35. The molecular formula is C20H21N5O3S. The van der Waals surface area contributed by atoms with E-state index in [4.69, 9.17) is 4.74 Å². The first-order chi connectivity index (χ1) is 14.1. The third-order valence-electron chi connectivity index (χ3n) is 5.40. The number of nitrogens with zero attached hydrogens (tertiary/aromatic N) is 4. The molecule has 0 spiro atoms. The van der Waals surface area contributed by atoms with Crippen LogP contribution in [0.1, 0.15) is 29.1 Å². The van der Waals surface area contributed by atoms with Gasteiger partial charge in [0.2, 0.25) is 5.91 Å². The van der Waals surface area contributed by atoms with Crippen LogP contribution in [0.2, 0.25) is 0 Å². The van der Waals surface area contributed by atoms with Crippen LogP contribution >= 0.6 is 11.3 Å². The second-order valence-electron chi connectivity index (χ2n) is 7.51. The molecule has 3 aromatic rings. The molecule has 1 saturated heterocycles. The van der Waals surface area contributed by atoms with Gasteiger partial charge in [-0.15, -0.1) is 11.3 Å². The fourth-order valence-electron chi connectivity index (χ4n) is 3.52. The van der Waals surface area contributed by atoms with E-state index in [1.807, 2.05) is 28.1 Å². The predicted molar refractivity (Wildman–Crippen MR) is 109 cm³/mol. The van der Waals surface area contributed by atoms with Crippen LogP contribution in [0.15, 0.2) is 29.9 Å². The van der Waals surface area contributed by atoms with E-state index in [0.717, 1.165) is 36.2 Å². The first-order valence-electron chi connectivity index (χ1n) is 9.68. The molecule has 0 aromatic carbocycles. The van der Waals surface area contributed by atoms with Gasteiger partial charge in [0, 0.05) is 43.3 Å². The third-order valence-corrected chi connectivity index (χ3v) is 6.23. The molecule has 2 fully saturated rings. The Bertz CT molecular complexity index is 1090. The van der Waals surface area contributed by atoms with Crippen LogP contribution in [0.4, 0.5) is 5.82 Å². The van der Waals surface area contributed by atoms with Gasteiger partial charge < -0.3 is 19.4 Å². The molecule has 1 saturated carbocycles. The summed E-state index contributed by atoms with van der Waals surface area (Å²) in [6.07, 6.45) is 6.59. The van der Waals surface area contributed by atoms with Crippen molar-refractivity contribution in [2.24, 2.45) is 5.92 Å². The Morgan fingerprint density at radius 2 is 2.07 bits per heavy atom. The number of anilines is 1. The van der Waals surface area contributed by atoms with Crippen molar-refractivity contribution in [1.82, 2.24) is 19.3 Å². The molecule has 3 aromatic heterocycles. The fraction of sp³-hybridized carbons (Fsp3) is 0.400. The molecular weight excluding hydrogens is 390 g/mol. The molecule has 1 atom stereocenters. The van der Waals surface area contributed by atoms with E-state index >= 15 is 0 Å². The summed E-state index contributed by atoms with van der Waals surface area (Å²) in [4.78, 5) is 35.4. The normalized spacial score (nSPS) is 19.1. The summed E-state index contributed by atoms with van der Waals surface area (Å²) in [5, 5.41) is 5.25. The summed E-state index contributed by atoms with van der Waals surface area (Å²) in [5.74, 6) is 0.675. The van der Waals surface area contributed by atoms with E-state index < -0.39 is 0 Å². The van der Waals surface area contributed by atoms with Gasteiger partial charge in [-0.2, -0.15) is 0 Å². The first-order valence-corrected chi connectivity index (χ1v) is 10.6. The number of imidazole rings is 1. The van der Waals surface area contributed by atoms with Crippen molar-refractivity contribution in [2.75, 3.05) is 25.5 Å². The van der Waals surface area contributed by atoms with E-state index in [1.54, 1.807) is 18.2 Å². The monoisotopic (exact) mass is 411 g/mol. The lowest BCUT2D eigenvalue weighted by Gasteiger charge is -2.14. The molecule has 1 aliphatic carbocycles. The van der Waals surface area contributed by atoms with Crippen LogP contribution in [0, 0.1) is 5.92 Å². The average molecular weight is 411 g/mol. The number of nitrogens with one attached hydrogen (secondary N) is 1. The van der Waals surface area contributed by atoms with Crippen molar-refractivity contribution in [2.45, 2.75) is 25.4 Å². The van der Waals surface area contributed by atoms with Crippen LogP contribution in [0.5, 0.6) is 0 Å². The number of amides is 2. The summed E-state index contributed by atoms with van der Waals surface area (Å²) in [6.45, 7) is 1.31. The Kier molecular flexibility index (Phi) is 4.56. The van der Waals surface area contributed by atoms with E-state index in [1.165, 1.54) is 11.3 Å². The molecule has 5 rings (SSSR count). The van der Waals surface area contributed by atoms with Crippen LogP contribution < -0.4 is 5.32 Å². The van der Waals surface area contributed by atoms with Gasteiger partial charge in [-0.3, -0.25) is 9.59 Å². The molecule has 1 aliphatic heterocycles. The van der Waals surface area contributed by atoms with Crippen molar-refractivity contribution in [3.8, 4) is 11.3 Å². The molecule has 2 amide bonds. The summed E-state index contributed by atoms with van der Waals surface area (Å²) < 4.78 is 7.20. The van der Waals surface area contributed by atoms with Gasteiger partial charge in [-0.1, -0.05) is 0 Å². The molecule has 2 aliphatic rings. The highest BCUT2D eigenvalue weighted by atomic mass is 32.1. The zero-order chi connectivity index (χ0) is 20.0. The highest BCUT2D eigenvalue weighted by molar-refractivity contribution is 7.12. The number of hydrogen-bond acceptors (Lipinski definition) is 6.